The lowest BCUT2D eigenvalue weighted by atomic mass is 10.1. The number of hydrogen-bond acceptors (Lipinski definition) is 8. The summed E-state index contributed by atoms with van der Waals surface area (Å²) in [7, 11) is 1.54. The maximum atomic E-state index is 13.6. The molecule has 1 amide bonds. The van der Waals surface area contributed by atoms with Gasteiger partial charge in [-0.25, -0.2) is 14.4 Å². The van der Waals surface area contributed by atoms with E-state index in [-0.39, 0.29) is 24.4 Å². The summed E-state index contributed by atoms with van der Waals surface area (Å²) in [5, 5.41) is 32.3. The maximum absolute atomic E-state index is 13.6. The number of aliphatic hydroxyl groups is 2. The zero-order valence-corrected chi connectivity index (χ0v) is 16.8. The molecule has 0 unspecified atom stereocenters. The number of halogens is 1. The van der Waals surface area contributed by atoms with Crippen LogP contribution >= 0.6 is 0 Å². The van der Waals surface area contributed by atoms with Gasteiger partial charge in [-0.05, 0) is 36.6 Å². The fraction of sp³-hybridized carbons (Fsp3) is 0.381. The van der Waals surface area contributed by atoms with E-state index in [9.17, 15) is 24.7 Å². The number of nitrogens with zero attached hydrogens (tertiary/aromatic N) is 5. The highest BCUT2D eigenvalue weighted by atomic mass is 19.1. The summed E-state index contributed by atoms with van der Waals surface area (Å²) in [4.78, 5) is 27.3. The van der Waals surface area contributed by atoms with E-state index in [2.05, 4.69) is 20.3 Å². The van der Waals surface area contributed by atoms with Crippen LogP contribution in [0.25, 0.3) is 0 Å². The molecule has 3 N–H and O–H groups in total. The van der Waals surface area contributed by atoms with Crippen LogP contribution in [0.4, 0.5) is 10.2 Å². The van der Waals surface area contributed by atoms with Crippen molar-refractivity contribution in [3.63, 3.8) is 0 Å². The number of nitrogens with one attached hydrogen (secondary N) is 1. The molecule has 2 aromatic rings. The number of hydrogen-bond donors (Lipinski definition) is 3. The van der Waals surface area contributed by atoms with Crippen molar-refractivity contribution in [1.82, 2.24) is 14.9 Å². The van der Waals surface area contributed by atoms with Gasteiger partial charge in [-0.1, -0.05) is 0 Å². The van der Waals surface area contributed by atoms with E-state index < -0.39 is 30.0 Å². The third-order valence-corrected chi connectivity index (χ3v) is 5.60. The first-order chi connectivity index (χ1) is 14.9. The highest BCUT2D eigenvalue weighted by molar-refractivity contribution is 6.47. The fourth-order valence-corrected chi connectivity index (χ4v) is 3.91. The standard InChI is InChI=1S/C21H21FN6O3/c1-28(9-12-6-13(22)3-2-11(12)7-23)21(31)18-17-15(8-24-18)25-10-26-20(17)27-14-4-5-16(29)19(14)30/h2-3,6,10,14,16,19,29-30H,4-5,8-9H2,1H3,(H,25,26,27)/t14-,16-,19+/m1/s1. The first-order valence-electron chi connectivity index (χ1n) is 9.84. The maximum Gasteiger partial charge on any atom is 0.272 e. The monoisotopic (exact) mass is 424 g/mol. The van der Waals surface area contributed by atoms with Crippen LogP contribution in [0.5, 0.6) is 0 Å². The molecule has 160 valence electrons. The van der Waals surface area contributed by atoms with Crippen LogP contribution < -0.4 is 5.32 Å². The number of aliphatic imine (C=N–C) groups is 1. The molecule has 0 bridgehead atoms. The highest BCUT2D eigenvalue weighted by Crippen LogP contribution is 2.28. The number of anilines is 1. The van der Waals surface area contributed by atoms with Crippen molar-refractivity contribution in [1.29, 1.82) is 5.26 Å². The largest absolute Gasteiger partial charge is 0.390 e. The number of aliphatic hydroxyl groups excluding tert-OH is 2. The summed E-state index contributed by atoms with van der Waals surface area (Å²) in [6, 6.07) is 5.40. The molecule has 1 aliphatic carbocycles. The predicted molar refractivity (Wildman–Crippen MR) is 109 cm³/mol. The van der Waals surface area contributed by atoms with Gasteiger partial charge >= 0.3 is 0 Å². The summed E-state index contributed by atoms with van der Waals surface area (Å²) in [6.45, 7) is 0.235. The van der Waals surface area contributed by atoms with E-state index in [1.807, 2.05) is 6.07 Å². The molecule has 1 aliphatic heterocycles. The normalized spacial score (nSPS) is 21.9. The van der Waals surface area contributed by atoms with E-state index in [4.69, 9.17) is 0 Å². The minimum absolute atomic E-state index is 0.0256. The third kappa shape index (κ3) is 3.97. The van der Waals surface area contributed by atoms with Gasteiger partial charge in [-0.15, -0.1) is 0 Å². The first kappa shape index (κ1) is 20.8. The molecule has 4 rings (SSSR count). The lowest BCUT2D eigenvalue weighted by Gasteiger charge is -2.22. The van der Waals surface area contributed by atoms with Crippen molar-refractivity contribution in [2.75, 3.05) is 12.4 Å². The molecular weight excluding hydrogens is 403 g/mol. The molecule has 0 spiro atoms. The van der Waals surface area contributed by atoms with Gasteiger partial charge in [0.25, 0.3) is 5.91 Å². The van der Waals surface area contributed by atoms with Crippen LogP contribution in [0, 0.1) is 17.1 Å². The second kappa shape index (κ2) is 8.37. The molecule has 0 saturated heterocycles. The number of rotatable bonds is 5. The predicted octanol–water partition coefficient (Wildman–Crippen LogP) is 0.745. The van der Waals surface area contributed by atoms with Crippen molar-refractivity contribution >= 4 is 17.4 Å². The molecule has 2 aliphatic rings. The van der Waals surface area contributed by atoms with E-state index >= 15 is 0 Å². The number of likely N-dealkylation sites (N-methyl/N-ethyl adjacent to an activating group) is 1. The zero-order valence-electron chi connectivity index (χ0n) is 16.8. The second-order valence-electron chi connectivity index (χ2n) is 7.67. The summed E-state index contributed by atoms with van der Waals surface area (Å²) in [5.41, 5.74) is 1.86. The van der Waals surface area contributed by atoms with Crippen LogP contribution in [0.15, 0.2) is 29.5 Å². The Kier molecular flexibility index (Phi) is 5.63. The average Bonchev–Trinajstić information content (AvgIpc) is 3.33. The zero-order chi connectivity index (χ0) is 22.1. The van der Waals surface area contributed by atoms with Crippen LogP contribution in [0.3, 0.4) is 0 Å². The summed E-state index contributed by atoms with van der Waals surface area (Å²) < 4.78 is 13.6. The minimum Gasteiger partial charge on any atom is -0.390 e. The summed E-state index contributed by atoms with van der Waals surface area (Å²) >= 11 is 0. The second-order valence-corrected chi connectivity index (χ2v) is 7.67. The Morgan fingerprint density at radius 1 is 1.35 bits per heavy atom. The fourth-order valence-electron chi connectivity index (χ4n) is 3.91. The summed E-state index contributed by atoms with van der Waals surface area (Å²) in [6.07, 6.45) is 0.621. The van der Waals surface area contributed by atoms with Crippen molar-refractivity contribution < 1.29 is 19.4 Å². The average molecular weight is 424 g/mol. The topological polar surface area (TPSA) is 135 Å². The molecule has 0 radical (unpaired) electrons. The molecule has 2 heterocycles. The Bertz CT molecular complexity index is 1100. The van der Waals surface area contributed by atoms with Crippen LogP contribution in [-0.2, 0) is 17.9 Å². The Morgan fingerprint density at radius 3 is 2.87 bits per heavy atom. The molecule has 1 aromatic carbocycles. The first-order valence-corrected chi connectivity index (χ1v) is 9.84. The van der Waals surface area contributed by atoms with Crippen molar-refractivity contribution in [2.45, 2.75) is 44.2 Å². The van der Waals surface area contributed by atoms with Gasteiger partial charge in [-0.2, -0.15) is 5.26 Å². The van der Waals surface area contributed by atoms with Gasteiger partial charge in [0.05, 0.1) is 47.7 Å². The summed E-state index contributed by atoms with van der Waals surface area (Å²) in [5.74, 6) is -0.544. The Hall–Kier alpha value is -3.42. The van der Waals surface area contributed by atoms with Crippen molar-refractivity contribution in [3.8, 4) is 6.07 Å². The SMILES string of the molecule is CN(Cc1cc(F)ccc1C#N)C(=O)C1=NCc2ncnc(N[C@@H]3CC[C@@H](O)[C@H]3O)c21. The Balaban J connectivity index is 1.57. The van der Waals surface area contributed by atoms with Crippen molar-refractivity contribution in [3.05, 3.63) is 52.7 Å². The van der Waals surface area contributed by atoms with Gasteiger partial charge in [0, 0.05) is 13.6 Å². The van der Waals surface area contributed by atoms with E-state index in [1.165, 1.54) is 29.4 Å². The van der Waals surface area contributed by atoms with Gasteiger partial charge < -0.3 is 20.4 Å². The molecule has 3 atom stereocenters. The van der Waals surface area contributed by atoms with E-state index in [1.54, 1.807) is 7.05 Å². The van der Waals surface area contributed by atoms with Gasteiger partial charge in [0.1, 0.15) is 23.7 Å². The van der Waals surface area contributed by atoms with Crippen LogP contribution in [0.2, 0.25) is 0 Å². The number of benzene rings is 1. The van der Waals surface area contributed by atoms with Gasteiger partial charge in [0.2, 0.25) is 0 Å². The van der Waals surface area contributed by atoms with Gasteiger partial charge in [0.15, 0.2) is 0 Å². The van der Waals surface area contributed by atoms with E-state index in [0.29, 0.717) is 35.5 Å². The number of aromatic nitrogens is 2. The lowest BCUT2D eigenvalue weighted by molar-refractivity contribution is -0.123. The Morgan fingerprint density at radius 2 is 2.16 bits per heavy atom. The molecule has 31 heavy (non-hydrogen) atoms. The lowest BCUT2D eigenvalue weighted by Crippen LogP contribution is -2.36. The minimum atomic E-state index is -0.942. The number of fused-ring (bicyclic) bond motifs is 1. The number of nitriles is 1. The quantitative estimate of drug-likeness (QED) is 0.644. The molecule has 1 fully saturated rings. The van der Waals surface area contributed by atoms with Crippen LogP contribution in [-0.4, -0.2) is 62.0 Å². The molecule has 1 aromatic heterocycles. The number of amides is 1. The van der Waals surface area contributed by atoms with Gasteiger partial charge in [-0.3, -0.25) is 9.79 Å². The molecule has 9 nitrogen and oxygen atoms in total. The van der Waals surface area contributed by atoms with E-state index in [0.717, 1.165) is 0 Å². The molecular formula is C21H21FN6O3. The number of carbonyl (C=O) groups is 1. The molecule has 1 saturated carbocycles. The molecule has 10 heteroatoms. The highest BCUT2D eigenvalue weighted by Gasteiger charge is 2.36. The van der Waals surface area contributed by atoms with Crippen molar-refractivity contribution in [2.24, 2.45) is 4.99 Å². The van der Waals surface area contributed by atoms with Crippen LogP contribution in [0.1, 0.15) is 35.2 Å². The number of carbonyl (C=O) groups excluding carboxylic acids is 1. The third-order valence-electron chi connectivity index (χ3n) is 5.60. The Labute approximate surface area is 177 Å². The smallest absolute Gasteiger partial charge is 0.272 e.